The summed E-state index contributed by atoms with van der Waals surface area (Å²) in [5.41, 5.74) is 2.68. The van der Waals surface area contributed by atoms with Crippen LogP contribution in [0.1, 0.15) is 47.1 Å². The fourth-order valence-electron chi connectivity index (χ4n) is 4.49. The van der Waals surface area contributed by atoms with E-state index in [9.17, 15) is 4.79 Å². The van der Waals surface area contributed by atoms with Crippen molar-refractivity contribution in [3.63, 3.8) is 0 Å². The number of amides is 1. The van der Waals surface area contributed by atoms with E-state index in [0.717, 1.165) is 30.4 Å². The lowest BCUT2D eigenvalue weighted by atomic mass is 9.98. The van der Waals surface area contributed by atoms with E-state index in [0.29, 0.717) is 23.2 Å². The van der Waals surface area contributed by atoms with E-state index in [1.165, 1.54) is 0 Å². The summed E-state index contributed by atoms with van der Waals surface area (Å²) in [6.45, 7) is 2.04. The van der Waals surface area contributed by atoms with E-state index in [2.05, 4.69) is 15.1 Å². The minimum Gasteiger partial charge on any atom is -0.337 e. The zero-order valence-corrected chi connectivity index (χ0v) is 15.1. The highest BCUT2D eigenvalue weighted by atomic mass is 16.5. The van der Waals surface area contributed by atoms with Crippen LogP contribution in [-0.4, -0.2) is 32.0 Å². The molecule has 2 fully saturated rings. The highest BCUT2D eigenvalue weighted by molar-refractivity contribution is 5.94. The quantitative estimate of drug-likeness (QED) is 0.710. The van der Waals surface area contributed by atoms with Gasteiger partial charge in [-0.2, -0.15) is 4.98 Å². The number of carbonyl (C=O) groups excluding carboxylic acids is 1. The van der Waals surface area contributed by atoms with Crippen LogP contribution in [-0.2, 0) is 0 Å². The first-order valence-electron chi connectivity index (χ1n) is 9.34. The fourth-order valence-corrected chi connectivity index (χ4v) is 4.49. The molecule has 2 aliphatic rings. The molecule has 1 aliphatic heterocycles. The number of nitrogens with zero attached hydrogens (tertiary/aromatic N) is 4. The van der Waals surface area contributed by atoms with Crippen LogP contribution in [0.15, 0.2) is 53.3 Å². The molecule has 3 atom stereocenters. The second-order valence-electron chi connectivity index (χ2n) is 7.45. The van der Waals surface area contributed by atoms with Crippen LogP contribution in [0.3, 0.4) is 0 Å². The van der Waals surface area contributed by atoms with Gasteiger partial charge in [-0.05, 0) is 50.3 Å². The van der Waals surface area contributed by atoms with Crippen LogP contribution in [0.2, 0.25) is 0 Å². The lowest BCUT2D eigenvalue weighted by molar-refractivity contribution is 0.0538. The Morgan fingerprint density at radius 1 is 1.22 bits per heavy atom. The smallest absolute Gasteiger partial charge is 0.256 e. The van der Waals surface area contributed by atoms with Gasteiger partial charge in [0.05, 0.1) is 5.56 Å². The van der Waals surface area contributed by atoms with Crippen molar-refractivity contribution in [3.8, 4) is 11.4 Å². The third-order valence-corrected chi connectivity index (χ3v) is 5.70. The molecule has 1 aliphatic carbocycles. The number of hydrogen-bond acceptors (Lipinski definition) is 5. The number of carbonyl (C=O) groups is 1. The summed E-state index contributed by atoms with van der Waals surface area (Å²) in [6.07, 6.45) is 6.42. The Morgan fingerprint density at radius 3 is 2.96 bits per heavy atom. The van der Waals surface area contributed by atoms with Crippen LogP contribution in [0.5, 0.6) is 0 Å². The molecule has 2 aromatic heterocycles. The number of piperidine rings is 1. The van der Waals surface area contributed by atoms with Gasteiger partial charge in [-0.15, -0.1) is 0 Å². The summed E-state index contributed by atoms with van der Waals surface area (Å²) >= 11 is 0. The second-order valence-corrected chi connectivity index (χ2v) is 7.45. The Balaban J connectivity index is 1.49. The average Bonchev–Trinajstić information content (AvgIpc) is 3.43. The summed E-state index contributed by atoms with van der Waals surface area (Å²) in [6, 6.07) is 11.7. The first kappa shape index (κ1) is 16.2. The van der Waals surface area contributed by atoms with E-state index < -0.39 is 0 Å². The van der Waals surface area contributed by atoms with Crippen molar-refractivity contribution >= 4 is 5.91 Å². The summed E-state index contributed by atoms with van der Waals surface area (Å²) < 4.78 is 5.64. The molecule has 6 heteroatoms. The third-order valence-electron chi connectivity index (χ3n) is 5.70. The molecule has 2 bridgehead atoms. The molecule has 3 heterocycles. The monoisotopic (exact) mass is 360 g/mol. The average molecular weight is 360 g/mol. The molecule has 136 valence electrons. The molecular weight excluding hydrogens is 340 g/mol. The normalized spacial score (nSPS) is 23.7. The SMILES string of the molecule is Cc1cccc(-c2noc([C@@H]3[C@H]4CC[C@H](C4)N3C(=O)c3cccnc3)n2)c1. The van der Waals surface area contributed by atoms with Gasteiger partial charge >= 0.3 is 0 Å². The molecule has 6 nitrogen and oxygen atoms in total. The molecular formula is C21H20N4O2. The Hall–Kier alpha value is -3.02. The molecule has 3 aromatic rings. The molecule has 1 saturated heterocycles. The van der Waals surface area contributed by atoms with Gasteiger partial charge in [-0.1, -0.05) is 28.9 Å². The topological polar surface area (TPSA) is 72.1 Å². The minimum atomic E-state index is -0.150. The van der Waals surface area contributed by atoms with Crippen molar-refractivity contribution in [2.45, 2.75) is 38.3 Å². The van der Waals surface area contributed by atoms with Gasteiger partial charge in [-0.25, -0.2) is 0 Å². The number of pyridine rings is 1. The van der Waals surface area contributed by atoms with Crippen LogP contribution < -0.4 is 0 Å². The number of aromatic nitrogens is 3. The molecule has 1 aromatic carbocycles. The van der Waals surface area contributed by atoms with Crippen molar-refractivity contribution in [2.24, 2.45) is 5.92 Å². The van der Waals surface area contributed by atoms with E-state index in [-0.39, 0.29) is 18.0 Å². The van der Waals surface area contributed by atoms with E-state index >= 15 is 0 Å². The van der Waals surface area contributed by atoms with Gasteiger partial charge in [0, 0.05) is 24.0 Å². The van der Waals surface area contributed by atoms with Gasteiger partial charge in [0.25, 0.3) is 5.91 Å². The van der Waals surface area contributed by atoms with Crippen molar-refractivity contribution < 1.29 is 9.32 Å². The number of rotatable bonds is 3. The zero-order chi connectivity index (χ0) is 18.4. The minimum absolute atomic E-state index is 0.00407. The maximum atomic E-state index is 13.1. The van der Waals surface area contributed by atoms with Crippen molar-refractivity contribution in [2.75, 3.05) is 0 Å². The third kappa shape index (κ3) is 2.72. The fraction of sp³-hybridized carbons (Fsp3) is 0.333. The molecule has 0 spiro atoms. The lowest BCUT2D eigenvalue weighted by Crippen LogP contribution is -2.40. The highest BCUT2D eigenvalue weighted by Gasteiger charge is 2.51. The predicted octanol–water partition coefficient (Wildman–Crippen LogP) is 3.81. The maximum Gasteiger partial charge on any atom is 0.256 e. The largest absolute Gasteiger partial charge is 0.337 e. The van der Waals surface area contributed by atoms with Gasteiger partial charge < -0.3 is 9.42 Å². The van der Waals surface area contributed by atoms with Crippen LogP contribution >= 0.6 is 0 Å². The van der Waals surface area contributed by atoms with E-state index in [4.69, 9.17) is 4.52 Å². The molecule has 1 saturated carbocycles. The zero-order valence-electron chi connectivity index (χ0n) is 15.1. The standard InChI is InChI=1S/C21H20N4O2/c1-13-4-2-5-15(10-13)19-23-20(27-24-19)18-14-7-8-17(11-14)25(18)21(26)16-6-3-9-22-12-16/h2-6,9-10,12,14,17-18H,7-8,11H2,1H3/t14-,17+,18-/m0/s1. The molecule has 0 N–H and O–H groups in total. The van der Waals surface area contributed by atoms with Gasteiger partial charge in [0.15, 0.2) is 0 Å². The van der Waals surface area contributed by atoms with Gasteiger partial charge in [0.2, 0.25) is 11.7 Å². The van der Waals surface area contributed by atoms with Gasteiger partial charge in [0.1, 0.15) is 6.04 Å². The van der Waals surface area contributed by atoms with Crippen molar-refractivity contribution in [3.05, 3.63) is 65.8 Å². The van der Waals surface area contributed by atoms with Crippen molar-refractivity contribution in [1.29, 1.82) is 0 Å². The van der Waals surface area contributed by atoms with Gasteiger partial charge in [-0.3, -0.25) is 9.78 Å². The van der Waals surface area contributed by atoms with Crippen LogP contribution in [0.25, 0.3) is 11.4 Å². The first-order valence-corrected chi connectivity index (χ1v) is 9.34. The second kappa shape index (κ2) is 6.30. The maximum absolute atomic E-state index is 13.1. The Labute approximate surface area is 157 Å². The summed E-state index contributed by atoms with van der Waals surface area (Å²) in [7, 11) is 0. The number of hydrogen-bond donors (Lipinski definition) is 0. The molecule has 0 radical (unpaired) electrons. The Morgan fingerprint density at radius 2 is 2.15 bits per heavy atom. The van der Waals surface area contributed by atoms with Crippen LogP contribution in [0, 0.1) is 12.8 Å². The molecule has 0 unspecified atom stereocenters. The summed E-state index contributed by atoms with van der Waals surface area (Å²) in [5, 5.41) is 4.19. The summed E-state index contributed by atoms with van der Waals surface area (Å²) in [4.78, 5) is 23.8. The number of benzene rings is 1. The predicted molar refractivity (Wildman–Crippen MR) is 98.7 cm³/mol. The first-order chi connectivity index (χ1) is 13.2. The highest BCUT2D eigenvalue weighted by Crippen LogP contribution is 2.50. The van der Waals surface area contributed by atoms with Crippen LogP contribution in [0.4, 0.5) is 0 Å². The lowest BCUT2D eigenvalue weighted by Gasteiger charge is -2.33. The Bertz CT molecular complexity index is 985. The molecule has 27 heavy (non-hydrogen) atoms. The number of aryl methyl sites for hydroxylation is 1. The number of fused-ring (bicyclic) bond motifs is 2. The van der Waals surface area contributed by atoms with E-state index in [1.807, 2.05) is 42.2 Å². The molecule has 1 amide bonds. The van der Waals surface area contributed by atoms with E-state index in [1.54, 1.807) is 18.5 Å². The summed E-state index contributed by atoms with van der Waals surface area (Å²) in [5.74, 6) is 1.48. The number of likely N-dealkylation sites (tertiary alicyclic amines) is 1. The molecule has 5 rings (SSSR count). The Kier molecular flexibility index (Phi) is 3.77. The van der Waals surface area contributed by atoms with Crippen molar-refractivity contribution in [1.82, 2.24) is 20.0 Å².